The van der Waals surface area contributed by atoms with Gasteiger partial charge in [-0.3, -0.25) is 0 Å². The van der Waals surface area contributed by atoms with Crippen LogP contribution in [0.25, 0.3) is 0 Å². The van der Waals surface area contributed by atoms with Gasteiger partial charge in [-0.05, 0) is 68.2 Å². The molecule has 1 aliphatic rings. The van der Waals surface area contributed by atoms with E-state index < -0.39 is 11.6 Å². The molecule has 28 heavy (non-hydrogen) atoms. The second kappa shape index (κ2) is 9.46. The first-order chi connectivity index (χ1) is 13.5. The fourth-order valence-electron chi connectivity index (χ4n) is 3.80. The Morgan fingerprint density at radius 2 is 1.68 bits per heavy atom. The van der Waals surface area contributed by atoms with Crippen molar-refractivity contribution in [1.82, 2.24) is 0 Å². The van der Waals surface area contributed by atoms with Crippen LogP contribution in [0.1, 0.15) is 62.1 Å². The maximum absolute atomic E-state index is 14.4. The zero-order chi connectivity index (χ0) is 20.1. The summed E-state index contributed by atoms with van der Waals surface area (Å²) in [6, 6.07) is 8.38. The molecule has 5 heteroatoms. The molecule has 0 saturated heterocycles. The van der Waals surface area contributed by atoms with Gasteiger partial charge in [-0.15, -0.1) is 0 Å². The molecule has 0 atom stereocenters. The third-order valence-corrected chi connectivity index (χ3v) is 5.49. The topological polar surface area (TPSA) is 18.5 Å². The number of halogens is 3. The molecule has 152 valence electrons. The van der Waals surface area contributed by atoms with Crippen molar-refractivity contribution in [2.24, 2.45) is 0 Å². The van der Waals surface area contributed by atoms with Crippen molar-refractivity contribution in [3.63, 3.8) is 0 Å². The minimum absolute atomic E-state index is 0.0112. The number of hydrogen-bond acceptors (Lipinski definition) is 2. The van der Waals surface area contributed by atoms with E-state index in [1.54, 1.807) is 25.1 Å². The number of aryl methyl sites for hydroxylation is 1. The number of rotatable bonds is 7. The van der Waals surface area contributed by atoms with Crippen molar-refractivity contribution in [2.45, 2.75) is 64.6 Å². The SMILES string of the molecule is CCOc1ccc(C2CCC(OCc3ccc(CC)cc3F)CC2)c(F)c1F. The van der Waals surface area contributed by atoms with Gasteiger partial charge in [0.15, 0.2) is 11.6 Å². The van der Waals surface area contributed by atoms with Gasteiger partial charge in [-0.25, -0.2) is 8.78 Å². The van der Waals surface area contributed by atoms with E-state index in [-0.39, 0.29) is 30.2 Å². The molecule has 1 fully saturated rings. The average Bonchev–Trinajstić information content (AvgIpc) is 2.71. The maximum atomic E-state index is 14.4. The van der Waals surface area contributed by atoms with Crippen LogP contribution in [-0.2, 0) is 17.8 Å². The van der Waals surface area contributed by atoms with Gasteiger partial charge in [0.1, 0.15) is 5.82 Å². The summed E-state index contributed by atoms with van der Waals surface area (Å²) in [5.41, 5.74) is 1.92. The van der Waals surface area contributed by atoms with Crippen LogP contribution >= 0.6 is 0 Å². The largest absolute Gasteiger partial charge is 0.491 e. The molecular weight excluding hydrogens is 365 g/mol. The Morgan fingerprint density at radius 1 is 0.929 bits per heavy atom. The summed E-state index contributed by atoms with van der Waals surface area (Å²) in [6.07, 6.45) is 3.72. The molecular formula is C23H27F3O2. The highest BCUT2D eigenvalue weighted by Gasteiger charge is 2.27. The van der Waals surface area contributed by atoms with Crippen LogP contribution in [0.4, 0.5) is 13.2 Å². The Labute approximate surface area is 164 Å². The van der Waals surface area contributed by atoms with Gasteiger partial charge in [0.05, 0.1) is 19.3 Å². The minimum atomic E-state index is -0.913. The third-order valence-electron chi connectivity index (χ3n) is 5.49. The summed E-state index contributed by atoms with van der Waals surface area (Å²) in [7, 11) is 0. The first-order valence-corrected chi connectivity index (χ1v) is 10.0. The summed E-state index contributed by atoms with van der Waals surface area (Å²) in [4.78, 5) is 0. The smallest absolute Gasteiger partial charge is 0.200 e. The van der Waals surface area contributed by atoms with E-state index in [1.165, 1.54) is 6.07 Å². The lowest BCUT2D eigenvalue weighted by atomic mass is 9.82. The third kappa shape index (κ3) is 4.69. The Morgan fingerprint density at radius 3 is 2.32 bits per heavy atom. The van der Waals surface area contributed by atoms with Crippen molar-refractivity contribution in [2.75, 3.05) is 6.61 Å². The molecule has 0 unspecified atom stereocenters. The van der Waals surface area contributed by atoms with E-state index in [1.807, 2.05) is 13.0 Å². The zero-order valence-electron chi connectivity index (χ0n) is 16.4. The lowest BCUT2D eigenvalue weighted by molar-refractivity contribution is 0.0118. The first-order valence-electron chi connectivity index (χ1n) is 10.0. The lowest BCUT2D eigenvalue weighted by Crippen LogP contribution is -2.21. The zero-order valence-corrected chi connectivity index (χ0v) is 16.4. The van der Waals surface area contributed by atoms with Gasteiger partial charge in [-0.2, -0.15) is 4.39 Å². The van der Waals surface area contributed by atoms with Crippen molar-refractivity contribution in [3.8, 4) is 5.75 Å². The molecule has 0 radical (unpaired) electrons. The molecule has 2 aromatic carbocycles. The van der Waals surface area contributed by atoms with E-state index in [0.29, 0.717) is 30.6 Å². The molecule has 0 bridgehead atoms. The molecule has 0 aliphatic heterocycles. The monoisotopic (exact) mass is 392 g/mol. The van der Waals surface area contributed by atoms with Gasteiger partial charge in [0.2, 0.25) is 5.82 Å². The van der Waals surface area contributed by atoms with Crippen molar-refractivity contribution < 1.29 is 22.6 Å². The van der Waals surface area contributed by atoms with E-state index in [0.717, 1.165) is 24.8 Å². The van der Waals surface area contributed by atoms with Crippen LogP contribution in [0.15, 0.2) is 30.3 Å². The van der Waals surface area contributed by atoms with Crippen LogP contribution < -0.4 is 4.74 Å². The Bertz CT molecular complexity index is 799. The normalized spacial score (nSPS) is 19.6. The fraction of sp³-hybridized carbons (Fsp3) is 0.478. The van der Waals surface area contributed by atoms with E-state index >= 15 is 0 Å². The van der Waals surface area contributed by atoms with Crippen LogP contribution in [0, 0.1) is 17.5 Å². The van der Waals surface area contributed by atoms with Crippen LogP contribution in [0.3, 0.4) is 0 Å². The number of ether oxygens (including phenoxy) is 2. The number of hydrogen-bond donors (Lipinski definition) is 0. The molecule has 0 aromatic heterocycles. The summed E-state index contributed by atoms with van der Waals surface area (Å²) in [5, 5.41) is 0. The van der Waals surface area contributed by atoms with Crippen molar-refractivity contribution in [1.29, 1.82) is 0 Å². The molecule has 0 N–H and O–H groups in total. The maximum Gasteiger partial charge on any atom is 0.200 e. The second-order valence-corrected chi connectivity index (χ2v) is 7.28. The van der Waals surface area contributed by atoms with Gasteiger partial charge >= 0.3 is 0 Å². The molecule has 1 aliphatic carbocycles. The average molecular weight is 392 g/mol. The highest BCUT2D eigenvalue weighted by atomic mass is 19.2. The molecule has 0 spiro atoms. The Kier molecular flexibility index (Phi) is 7.00. The fourth-order valence-corrected chi connectivity index (χ4v) is 3.80. The van der Waals surface area contributed by atoms with E-state index in [4.69, 9.17) is 9.47 Å². The van der Waals surface area contributed by atoms with Crippen LogP contribution in [0.2, 0.25) is 0 Å². The Hall–Kier alpha value is -2.01. The van der Waals surface area contributed by atoms with Gasteiger partial charge < -0.3 is 9.47 Å². The van der Waals surface area contributed by atoms with Crippen molar-refractivity contribution in [3.05, 3.63) is 64.5 Å². The molecule has 2 nitrogen and oxygen atoms in total. The van der Waals surface area contributed by atoms with Gasteiger partial charge in [-0.1, -0.05) is 25.1 Å². The quantitative estimate of drug-likeness (QED) is 0.550. The summed E-state index contributed by atoms with van der Waals surface area (Å²) in [5.74, 6) is -2.04. The highest BCUT2D eigenvalue weighted by molar-refractivity contribution is 5.33. The molecule has 3 rings (SSSR count). The van der Waals surface area contributed by atoms with E-state index in [9.17, 15) is 13.2 Å². The van der Waals surface area contributed by atoms with Crippen LogP contribution in [0.5, 0.6) is 5.75 Å². The van der Waals surface area contributed by atoms with Gasteiger partial charge in [0.25, 0.3) is 0 Å². The predicted octanol–water partition coefficient (Wildman–Crippen LogP) is 6.31. The second-order valence-electron chi connectivity index (χ2n) is 7.28. The highest BCUT2D eigenvalue weighted by Crippen LogP contribution is 2.37. The molecule has 0 heterocycles. The molecule has 1 saturated carbocycles. The van der Waals surface area contributed by atoms with Crippen molar-refractivity contribution >= 4 is 0 Å². The molecule has 0 amide bonds. The Balaban J connectivity index is 1.55. The summed E-state index contributed by atoms with van der Waals surface area (Å²) >= 11 is 0. The minimum Gasteiger partial charge on any atom is -0.491 e. The number of benzene rings is 2. The van der Waals surface area contributed by atoms with Gasteiger partial charge in [0, 0.05) is 5.56 Å². The van der Waals surface area contributed by atoms with Crippen LogP contribution in [-0.4, -0.2) is 12.7 Å². The summed E-state index contributed by atoms with van der Waals surface area (Å²) < 4.78 is 53.6. The van der Waals surface area contributed by atoms with E-state index in [2.05, 4.69) is 0 Å². The predicted molar refractivity (Wildman–Crippen MR) is 103 cm³/mol. The molecule has 2 aromatic rings. The lowest BCUT2D eigenvalue weighted by Gasteiger charge is -2.29. The standard InChI is InChI=1S/C23H27F3O2/c1-3-15-5-6-17(20(24)13-15)14-28-18-9-7-16(8-10-18)19-11-12-21(27-4-2)23(26)22(19)25/h5-6,11-13,16,18H,3-4,7-10,14H2,1-2H3. The first kappa shape index (κ1) is 20.7. The summed E-state index contributed by atoms with van der Waals surface area (Å²) in [6.45, 7) is 4.25.